The van der Waals surface area contributed by atoms with Crippen molar-refractivity contribution in [3.05, 3.63) is 53.6 Å². The highest BCUT2D eigenvalue weighted by Crippen LogP contribution is 2.51. The number of Topliss-reactive ketones (excluding diaryl/α,β-unsaturated/α-hetero) is 4. The molecular formula is C27H26N2O7. The monoisotopic (exact) mass is 490 g/mol. The van der Waals surface area contributed by atoms with Gasteiger partial charge in [0.1, 0.15) is 5.75 Å². The summed E-state index contributed by atoms with van der Waals surface area (Å²) >= 11 is 0. The number of carbonyl (C=O) groups excluding carboxylic acids is 5. The standard InChI is InChI=1S/C27H26N2O7/c1-29(2)21-16-11-13-10-15-14(12-6-4-3-5-7-12)8-9-17(30)19(15)22(31)18(13)24(33)27(16,36)25(34)20(23(21)32)26(28)35/h3-9,13,16,18,20-21,30,36H,10-11H2,1-2H3,(H2,28,35). The average Bonchev–Trinajstić information content (AvgIpc) is 2.81. The third-order valence-electron chi connectivity index (χ3n) is 8.03. The van der Waals surface area contributed by atoms with E-state index < -0.39 is 64.4 Å². The van der Waals surface area contributed by atoms with Gasteiger partial charge in [0, 0.05) is 5.92 Å². The second kappa shape index (κ2) is 8.18. The molecule has 0 radical (unpaired) electrons. The van der Waals surface area contributed by atoms with Crippen molar-refractivity contribution >= 4 is 29.0 Å². The summed E-state index contributed by atoms with van der Waals surface area (Å²) in [5.74, 6) is -10.4. The Bertz CT molecular complexity index is 1340. The molecule has 9 heteroatoms. The SMILES string of the molecule is CN(C)C1C(=O)C(C(N)=O)C(=O)C2(O)C(=O)C3C(=O)c4c(O)ccc(-c5ccccc5)c4CC3CC12. The Morgan fingerprint density at radius 1 is 1.03 bits per heavy atom. The average molecular weight is 491 g/mol. The predicted octanol–water partition coefficient (Wildman–Crippen LogP) is 0.534. The van der Waals surface area contributed by atoms with E-state index in [0.717, 1.165) is 11.1 Å². The molecule has 2 aromatic carbocycles. The van der Waals surface area contributed by atoms with Crippen molar-refractivity contribution in [3.8, 4) is 16.9 Å². The van der Waals surface area contributed by atoms with E-state index in [2.05, 4.69) is 0 Å². The molecule has 0 bridgehead atoms. The zero-order valence-electron chi connectivity index (χ0n) is 19.8. The van der Waals surface area contributed by atoms with E-state index in [-0.39, 0.29) is 24.2 Å². The van der Waals surface area contributed by atoms with E-state index in [1.807, 2.05) is 30.3 Å². The van der Waals surface area contributed by atoms with Crippen molar-refractivity contribution < 1.29 is 34.2 Å². The smallest absolute Gasteiger partial charge is 0.235 e. The molecule has 2 aromatic rings. The summed E-state index contributed by atoms with van der Waals surface area (Å²) in [4.78, 5) is 67.4. The van der Waals surface area contributed by atoms with Gasteiger partial charge in [-0.1, -0.05) is 36.4 Å². The number of nitrogens with zero attached hydrogens (tertiary/aromatic N) is 1. The van der Waals surface area contributed by atoms with E-state index in [1.54, 1.807) is 20.2 Å². The van der Waals surface area contributed by atoms with Crippen molar-refractivity contribution in [3.63, 3.8) is 0 Å². The van der Waals surface area contributed by atoms with Crippen LogP contribution in [0.25, 0.3) is 11.1 Å². The number of rotatable bonds is 3. The minimum atomic E-state index is -2.72. The maximum absolute atomic E-state index is 13.8. The lowest BCUT2D eigenvalue weighted by Crippen LogP contribution is -2.74. The first kappa shape index (κ1) is 24.0. The highest BCUT2D eigenvalue weighted by Gasteiger charge is 2.69. The molecule has 6 unspecified atom stereocenters. The minimum Gasteiger partial charge on any atom is -0.507 e. The minimum absolute atomic E-state index is 0.0112. The van der Waals surface area contributed by atoms with Gasteiger partial charge in [0.15, 0.2) is 34.7 Å². The van der Waals surface area contributed by atoms with Crippen LogP contribution in [0, 0.1) is 23.7 Å². The lowest BCUT2D eigenvalue weighted by molar-refractivity contribution is -0.181. The number of nitrogens with two attached hydrogens (primary N) is 1. The third kappa shape index (κ3) is 3.12. The highest BCUT2D eigenvalue weighted by atomic mass is 16.3. The number of carbonyl (C=O) groups is 5. The number of aliphatic hydroxyl groups is 1. The highest BCUT2D eigenvalue weighted by molar-refractivity contribution is 6.32. The summed E-state index contributed by atoms with van der Waals surface area (Å²) < 4.78 is 0. The quantitative estimate of drug-likeness (QED) is 0.527. The van der Waals surface area contributed by atoms with E-state index in [0.29, 0.717) is 5.56 Å². The summed E-state index contributed by atoms with van der Waals surface area (Å²) in [5, 5.41) is 22.2. The second-order valence-electron chi connectivity index (χ2n) is 10.1. The molecule has 2 saturated carbocycles. The van der Waals surface area contributed by atoms with Crippen molar-refractivity contribution in [1.29, 1.82) is 0 Å². The number of aromatic hydroxyl groups is 1. The molecule has 6 atom stereocenters. The molecule has 3 aliphatic rings. The first-order valence-corrected chi connectivity index (χ1v) is 11.7. The normalized spacial score (nSPS) is 31.6. The van der Waals surface area contributed by atoms with Crippen molar-refractivity contribution in [2.75, 3.05) is 14.1 Å². The van der Waals surface area contributed by atoms with Gasteiger partial charge in [-0.2, -0.15) is 0 Å². The number of ketones is 4. The fourth-order valence-corrected chi connectivity index (χ4v) is 6.49. The number of hydrogen-bond acceptors (Lipinski definition) is 8. The Morgan fingerprint density at radius 2 is 1.69 bits per heavy atom. The maximum atomic E-state index is 13.8. The molecule has 2 fully saturated rings. The Labute approximate surface area is 206 Å². The second-order valence-corrected chi connectivity index (χ2v) is 10.1. The molecule has 0 saturated heterocycles. The molecule has 1 amide bonds. The third-order valence-corrected chi connectivity index (χ3v) is 8.03. The summed E-state index contributed by atoms with van der Waals surface area (Å²) in [7, 11) is 3.11. The van der Waals surface area contributed by atoms with Crippen LogP contribution in [0.5, 0.6) is 5.75 Å². The molecule has 4 N–H and O–H groups in total. The molecule has 3 aliphatic carbocycles. The first-order chi connectivity index (χ1) is 17.0. The Kier molecular flexibility index (Phi) is 5.46. The van der Waals surface area contributed by atoms with Crippen LogP contribution in [-0.4, -0.2) is 69.9 Å². The molecule has 0 spiro atoms. The van der Waals surface area contributed by atoms with Crippen LogP contribution >= 0.6 is 0 Å². The number of benzene rings is 2. The van der Waals surface area contributed by atoms with E-state index in [4.69, 9.17) is 5.73 Å². The van der Waals surface area contributed by atoms with E-state index in [9.17, 15) is 34.2 Å². The Hall–Kier alpha value is -3.69. The number of phenolic OH excluding ortho intramolecular Hbond substituents is 1. The van der Waals surface area contributed by atoms with E-state index >= 15 is 0 Å². The van der Waals surface area contributed by atoms with Gasteiger partial charge in [0.05, 0.1) is 17.5 Å². The van der Waals surface area contributed by atoms with Crippen molar-refractivity contribution in [2.24, 2.45) is 29.4 Å². The van der Waals surface area contributed by atoms with Gasteiger partial charge in [0.2, 0.25) is 5.91 Å². The molecule has 36 heavy (non-hydrogen) atoms. The van der Waals surface area contributed by atoms with Crippen LogP contribution < -0.4 is 5.73 Å². The lowest BCUT2D eigenvalue weighted by Gasteiger charge is -2.52. The van der Waals surface area contributed by atoms with Gasteiger partial charge in [-0.15, -0.1) is 0 Å². The lowest BCUT2D eigenvalue weighted by atomic mass is 9.52. The predicted molar refractivity (Wildman–Crippen MR) is 127 cm³/mol. The molecule has 186 valence electrons. The van der Waals surface area contributed by atoms with Gasteiger partial charge in [-0.05, 0) is 55.6 Å². The van der Waals surface area contributed by atoms with Crippen LogP contribution in [0.3, 0.4) is 0 Å². The van der Waals surface area contributed by atoms with Crippen LogP contribution in [0.4, 0.5) is 0 Å². The summed E-state index contributed by atoms with van der Waals surface area (Å²) in [6, 6.07) is 11.3. The number of hydrogen-bond donors (Lipinski definition) is 3. The first-order valence-electron chi connectivity index (χ1n) is 11.7. The van der Waals surface area contributed by atoms with Gasteiger partial charge < -0.3 is 15.9 Å². The topological polar surface area (TPSA) is 155 Å². The number of amides is 1. The molecule has 0 aromatic heterocycles. The number of phenols is 1. The van der Waals surface area contributed by atoms with Crippen LogP contribution in [-0.2, 0) is 25.6 Å². The maximum Gasteiger partial charge on any atom is 0.235 e. The molecule has 0 aliphatic heterocycles. The van der Waals surface area contributed by atoms with Crippen LogP contribution in [0.15, 0.2) is 42.5 Å². The van der Waals surface area contributed by atoms with Crippen LogP contribution in [0.2, 0.25) is 0 Å². The molecule has 5 rings (SSSR count). The Balaban J connectivity index is 1.66. The summed E-state index contributed by atoms with van der Waals surface area (Å²) in [5.41, 5.74) is 4.74. The van der Waals surface area contributed by atoms with E-state index in [1.165, 1.54) is 11.0 Å². The fourth-order valence-electron chi connectivity index (χ4n) is 6.49. The fraction of sp³-hybridized carbons (Fsp3) is 0.370. The molecule has 0 heterocycles. The Morgan fingerprint density at radius 3 is 2.31 bits per heavy atom. The number of primary amides is 1. The largest absolute Gasteiger partial charge is 0.507 e. The zero-order chi connectivity index (χ0) is 26.1. The zero-order valence-corrected chi connectivity index (χ0v) is 19.8. The molecular weight excluding hydrogens is 464 g/mol. The van der Waals surface area contributed by atoms with Crippen LogP contribution in [0.1, 0.15) is 22.3 Å². The summed E-state index contributed by atoms with van der Waals surface area (Å²) in [6.07, 6.45) is 0.248. The van der Waals surface area contributed by atoms with Gasteiger partial charge in [-0.25, -0.2) is 0 Å². The van der Waals surface area contributed by atoms with Crippen molar-refractivity contribution in [2.45, 2.75) is 24.5 Å². The van der Waals surface area contributed by atoms with Gasteiger partial charge in [-0.3, -0.25) is 28.9 Å². The number of likely N-dealkylation sites (N-methyl/N-ethyl adjacent to an activating group) is 1. The summed E-state index contributed by atoms with van der Waals surface area (Å²) in [6.45, 7) is 0. The molecule has 9 nitrogen and oxygen atoms in total. The number of fused-ring (bicyclic) bond motifs is 3. The van der Waals surface area contributed by atoms with Crippen molar-refractivity contribution in [1.82, 2.24) is 4.90 Å². The van der Waals surface area contributed by atoms with Gasteiger partial charge >= 0.3 is 0 Å². The van der Waals surface area contributed by atoms with Gasteiger partial charge in [0.25, 0.3) is 0 Å².